The van der Waals surface area contributed by atoms with Crippen LogP contribution in [0.5, 0.6) is 0 Å². The van der Waals surface area contributed by atoms with Crippen molar-refractivity contribution in [2.24, 2.45) is 0 Å². The highest BCUT2D eigenvalue weighted by atomic mass is 127. The molecule has 0 atom stereocenters. The van der Waals surface area contributed by atoms with E-state index in [9.17, 15) is 9.59 Å². The van der Waals surface area contributed by atoms with Crippen molar-refractivity contribution in [3.8, 4) is 0 Å². The van der Waals surface area contributed by atoms with Crippen LogP contribution < -0.4 is 5.32 Å². The number of anilines is 1. The molecule has 1 amide bonds. The Balaban J connectivity index is 1.71. The van der Waals surface area contributed by atoms with Crippen molar-refractivity contribution in [1.82, 2.24) is 19.6 Å². The number of hydrogen-bond acceptors (Lipinski definition) is 6. The molecule has 3 aromatic rings. The Bertz CT molecular complexity index is 1020. The first-order valence-corrected chi connectivity index (χ1v) is 9.36. The van der Waals surface area contributed by atoms with Crippen molar-refractivity contribution in [1.29, 1.82) is 0 Å². The van der Waals surface area contributed by atoms with Crippen molar-refractivity contribution in [2.75, 3.05) is 11.9 Å². The van der Waals surface area contributed by atoms with Crippen LogP contribution in [0.3, 0.4) is 0 Å². The Labute approximate surface area is 169 Å². The van der Waals surface area contributed by atoms with E-state index in [4.69, 9.17) is 4.74 Å². The molecule has 0 radical (unpaired) electrons. The number of nitrogens with one attached hydrogen (secondary N) is 1. The molecule has 1 aromatic carbocycles. The molecule has 0 unspecified atom stereocenters. The number of aryl methyl sites for hydroxylation is 1. The van der Waals surface area contributed by atoms with E-state index in [2.05, 4.69) is 43.0 Å². The van der Waals surface area contributed by atoms with Gasteiger partial charge in [0.2, 0.25) is 0 Å². The summed E-state index contributed by atoms with van der Waals surface area (Å²) in [6.45, 7) is 5.37. The Morgan fingerprint density at radius 3 is 2.78 bits per heavy atom. The number of rotatable bonds is 5. The lowest BCUT2D eigenvalue weighted by atomic mass is 10.1. The van der Waals surface area contributed by atoms with Crippen molar-refractivity contribution in [3.05, 3.63) is 51.1 Å². The molecule has 3 rings (SSSR count). The van der Waals surface area contributed by atoms with Gasteiger partial charge >= 0.3 is 5.97 Å². The summed E-state index contributed by atoms with van der Waals surface area (Å²) in [5.41, 5.74) is 2.52. The van der Waals surface area contributed by atoms with Gasteiger partial charge in [0.25, 0.3) is 11.7 Å². The normalized spacial score (nSPS) is 11.0. The van der Waals surface area contributed by atoms with Gasteiger partial charge in [0.15, 0.2) is 6.61 Å². The summed E-state index contributed by atoms with van der Waals surface area (Å²) in [4.78, 5) is 32.8. The molecule has 0 aliphatic rings. The molecular formula is C18H18IN5O3. The lowest BCUT2D eigenvalue weighted by Gasteiger charge is -2.13. The van der Waals surface area contributed by atoms with Gasteiger partial charge in [-0.3, -0.25) is 4.79 Å². The summed E-state index contributed by atoms with van der Waals surface area (Å²) in [7, 11) is 0. The number of amides is 1. The summed E-state index contributed by atoms with van der Waals surface area (Å²) >= 11 is 2.20. The van der Waals surface area contributed by atoms with Crippen molar-refractivity contribution in [2.45, 2.75) is 26.7 Å². The van der Waals surface area contributed by atoms with Gasteiger partial charge in [0.1, 0.15) is 6.33 Å². The second kappa shape index (κ2) is 7.99. The van der Waals surface area contributed by atoms with Gasteiger partial charge in [-0.1, -0.05) is 13.8 Å². The number of aromatic nitrogens is 4. The Morgan fingerprint density at radius 2 is 2.07 bits per heavy atom. The molecule has 0 aliphatic heterocycles. The Kier molecular flexibility index (Phi) is 5.68. The SMILES string of the molecule is Cc1cc(I)ccc1NC(=O)COC(=O)c1cnc2ncnn2c1C(C)C. The molecule has 8 nitrogen and oxygen atoms in total. The molecule has 1 N–H and O–H groups in total. The van der Waals surface area contributed by atoms with Crippen LogP contribution in [0.15, 0.2) is 30.7 Å². The van der Waals surface area contributed by atoms with Gasteiger partial charge in [-0.15, -0.1) is 0 Å². The fourth-order valence-electron chi connectivity index (χ4n) is 2.67. The highest BCUT2D eigenvalue weighted by molar-refractivity contribution is 14.1. The second-order valence-electron chi connectivity index (χ2n) is 6.27. The molecule has 2 aromatic heterocycles. The summed E-state index contributed by atoms with van der Waals surface area (Å²) in [5.74, 6) is -0.642. The molecule has 0 saturated carbocycles. The van der Waals surface area contributed by atoms with Gasteiger partial charge in [-0.2, -0.15) is 10.1 Å². The van der Waals surface area contributed by atoms with Gasteiger partial charge in [-0.25, -0.2) is 14.3 Å². The molecule has 2 heterocycles. The maximum Gasteiger partial charge on any atom is 0.342 e. The standard InChI is InChI=1S/C18H18IN5O3/c1-10(2)16-13(7-20-18-21-9-22-24(16)18)17(26)27-8-15(25)23-14-5-4-12(19)6-11(14)3/h4-7,9-10H,8H2,1-3H3,(H,23,25). The van der Waals surface area contributed by atoms with E-state index >= 15 is 0 Å². The van der Waals surface area contributed by atoms with Crippen LogP contribution in [0.2, 0.25) is 0 Å². The minimum Gasteiger partial charge on any atom is -0.452 e. The van der Waals surface area contributed by atoms with E-state index in [1.165, 1.54) is 17.0 Å². The van der Waals surface area contributed by atoms with Crippen LogP contribution in [0, 0.1) is 10.5 Å². The van der Waals surface area contributed by atoms with Crippen molar-refractivity contribution in [3.63, 3.8) is 0 Å². The monoisotopic (exact) mass is 479 g/mol. The first kappa shape index (κ1) is 19.2. The van der Waals surface area contributed by atoms with Crippen LogP contribution in [-0.4, -0.2) is 38.1 Å². The number of carbonyl (C=O) groups is 2. The van der Waals surface area contributed by atoms with E-state index in [0.29, 0.717) is 17.2 Å². The van der Waals surface area contributed by atoms with Crippen LogP contribution in [0.4, 0.5) is 5.69 Å². The molecule has 0 bridgehead atoms. The number of nitrogens with zero attached hydrogens (tertiary/aromatic N) is 4. The summed E-state index contributed by atoms with van der Waals surface area (Å²) in [5, 5.41) is 6.85. The van der Waals surface area contributed by atoms with Gasteiger partial charge in [0, 0.05) is 15.5 Å². The van der Waals surface area contributed by atoms with Crippen LogP contribution in [0.1, 0.15) is 41.4 Å². The lowest BCUT2D eigenvalue weighted by Crippen LogP contribution is -2.23. The van der Waals surface area contributed by atoms with E-state index in [0.717, 1.165) is 9.13 Å². The van der Waals surface area contributed by atoms with Crippen LogP contribution in [-0.2, 0) is 9.53 Å². The zero-order valence-electron chi connectivity index (χ0n) is 15.1. The number of esters is 1. The number of halogens is 1. The Morgan fingerprint density at radius 1 is 1.30 bits per heavy atom. The number of fused-ring (bicyclic) bond motifs is 1. The minimum absolute atomic E-state index is 0.0111. The topological polar surface area (TPSA) is 98.5 Å². The van der Waals surface area contributed by atoms with E-state index in [1.807, 2.05) is 39.0 Å². The third-order valence-electron chi connectivity index (χ3n) is 3.91. The Hall–Kier alpha value is -2.56. The molecule has 9 heteroatoms. The first-order chi connectivity index (χ1) is 12.9. The first-order valence-electron chi connectivity index (χ1n) is 8.28. The van der Waals surface area contributed by atoms with Gasteiger partial charge in [0.05, 0.1) is 11.3 Å². The van der Waals surface area contributed by atoms with Crippen molar-refractivity contribution >= 4 is 45.9 Å². The number of benzene rings is 1. The minimum atomic E-state index is -0.627. The summed E-state index contributed by atoms with van der Waals surface area (Å²) in [6, 6.07) is 5.66. The summed E-state index contributed by atoms with van der Waals surface area (Å²) in [6.07, 6.45) is 2.78. The van der Waals surface area contributed by atoms with Gasteiger partial charge in [-0.05, 0) is 59.2 Å². The number of hydrogen-bond donors (Lipinski definition) is 1. The fraction of sp³-hybridized carbons (Fsp3) is 0.278. The third-order valence-corrected chi connectivity index (χ3v) is 4.58. The molecular weight excluding hydrogens is 461 g/mol. The third kappa shape index (κ3) is 4.24. The zero-order valence-corrected chi connectivity index (χ0v) is 17.2. The molecule has 0 fully saturated rings. The molecule has 0 saturated heterocycles. The second-order valence-corrected chi connectivity index (χ2v) is 7.51. The lowest BCUT2D eigenvalue weighted by molar-refractivity contribution is -0.119. The van der Waals surface area contributed by atoms with Crippen molar-refractivity contribution < 1.29 is 14.3 Å². The van der Waals surface area contributed by atoms with E-state index < -0.39 is 18.5 Å². The molecule has 140 valence electrons. The fourth-order valence-corrected chi connectivity index (χ4v) is 3.32. The summed E-state index contributed by atoms with van der Waals surface area (Å²) < 4.78 is 7.77. The molecule has 0 aliphatic carbocycles. The van der Waals surface area contributed by atoms with Crippen LogP contribution >= 0.6 is 22.6 Å². The van der Waals surface area contributed by atoms with E-state index in [-0.39, 0.29) is 11.5 Å². The maximum absolute atomic E-state index is 12.5. The largest absolute Gasteiger partial charge is 0.452 e. The highest BCUT2D eigenvalue weighted by Crippen LogP contribution is 2.20. The smallest absolute Gasteiger partial charge is 0.342 e. The predicted octanol–water partition coefficient (Wildman–Crippen LogP) is 2.96. The zero-order chi connectivity index (χ0) is 19.6. The molecule has 0 spiro atoms. The molecule has 27 heavy (non-hydrogen) atoms. The number of ether oxygens (including phenoxy) is 1. The van der Waals surface area contributed by atoms with Gasteiger partial charge < -0.3 is 10.1 Å². The average molecular weight is 479 g/mol. The van der Waals surface area contributed by atoms with E-state index in [1.54, 1.807) is 0 Å². The quantitative estimate of drug-likeness (QED) is 0.447. The van der Waals surface area contributed by atoms with Crippen LogP contribution in [0.25, 0.3) is 5.78 Å². The number of carbonyl (C=O) groups excluding carboxylic acids is 2. The predicted molar refractivity (Wildman–Crippen MR) is 108 cm³/mol. The average Bonchev–Trinajstić information content (AvgIpc) is 3.09. The highest BCUT2D eigenvalue weighted by Gasteiger charge is 2.21. The maximum atomic E-state index is 12.5.